The first-order chi connectivity index (χ1) is 14.8. The third-order valence-corrected chi connectivity index (χ3v) is 7.39. The summed E-state index contributed by atoms with van der Waals surface area (Å²) in [4.78, 5) is 19.5. The number of hydrogen-bond donors (Lipinski definition) is 1. The summed E-state index contributed by atoms with van der Waals surface area (Å²) in [5.41, 5.74) is 3.62. The first-order valence-corrected chi connectivity index (χ1v) is 12.3. The van der Waals surface area contributed by atoms with E-state index in [4.69, 9.17) is 5.14 Å². The Hall–Kier alpha value is -2.42. The number of anilines is 1. The highest BCUT2D eigenvalue weighted by Crippen LogP contribution is 2.33. The minimum atomic E-state index is -3.68. The number of benzene rings is 2. The van der Waals surface area contributed by atoms with Crippen molar-refractivity contribution in [3.63, 3.8) is 0 Å². The van der Waals surface area contributed by atoms with Gasteiger partial charge in [0.25, 0.3) is 0 Å². The van der Waals surface area contributed by atoms with Crippen molar-refractivity contribution in [2.45, 2.75) is 30.2 Å². The molecule has 1 aliphatic carbocycles. The summed E-state index contributed by atoms with van der Waals surface area (Å²) in [5, 5.41) is 5.17. The zero-order chi connectivity index (χ0) is 22.0. The molecule has 0 radical (unpaired) electrons. The number of carbonyl (C=O) groups excluding carboxylic acids is 1. The van der Waals surface area contributed by atoms with Gasteiger partial charge < -0.3 is 9.80 Å². The molecule has 0 bridgehead atoms. The molecule has 2 N–H and O–H groups in total. The molecule has 1 fully saturated rings. The largest absolute Gasteiger partial charge is 0.369 e. The molecule has 7 nitrogen and oxygen atoms in total. The predicted octanol–water partition coefficient (Wildman–Crippen LogP) is 1.99. The number of fused-ring (bicyclic) bond motifs is 1. The number of amides is 1. The highest BCUT2D eigenvalue weighted by molar-refractivity contribution is 7.89. The molecule has 0 saturated carbocycles. The second-order valence-corrected chi connectivity index (χ2v) is 9.98. The molecule has 8 heteroatoms. The van der Waals surface area contributed by atoms with Crippen LogP contribution in [0.15, 0.2) is 53.4 Å². The lowest BCUT2D eigenvalue weighted by Gasteiger charge is -2.38. The van der Waals surface area contributed by atoms with Crippen LogP contribution in [0.25, 0.3) is 0 Å². The molecule has 0 spiro atoms. The van der Waals surface area contributed by atoms with Gasteiger partial charge in [0, 0.05) is 38.9 Å². The second kappa shape index (κ2) is 8.98. The maximum atomic E-state index is 13.0. The van der Waals surface area contributed by atoms with Crippen LogP contribution in [0.2, 0.25) is 0 Å². The van der Waals surface area contributed by atoms with Gasteiger partial charge in [-0.05, 0) is 54.7 Å². The van der Waals surface area contributed by atoms with Crippen LogP contribution < -0.4 is 10.0 Å². The maximum Gasteiger partial charge on any atom is 0.238 e. The van der Waals surface area contributed by atoms with E-state index in [1.165, 1.54) is 23.3 Å². The van der Waals surface area contributed by atoms with Gasteiger partial charge in [-0.3, -0.25) is 9.69 Å². The maximum absolute atomic E-state index is 13.0. The van der Waals surface area contributed by atoms with Gasteiger partial charge in [-0.2, -0.15) is 0 Å². The van der Waals surface area contributed by atoms with Crippen molar-refractivity contribution in [1.82, 2.24) is 9.80 Å². The second-order valence-electron chi connectivity index (χ2n) is 8.41. The third kappa shape index (κ3) is 4.92. The number of aryl methyl sites for hydroxylation is 1. The molecule has 1 atom stereocenters. The van der Waals surface area contributed by atoms with Crippen molar-refractivity contribution in [3.8, 4) is 0 Å². The number of nitrogens with two attached hydrogens (primary N) is 1. The van der Waals surface area contributed by atoms with E-state index in [-0.39, 0.29) is 16.8 Å². The summed E-state index contributed by atoms with van der Waals surface area (Å²) in [6, 6.07) is 15.3. The number of carbonyl (C=O) groups is 1. The Kier molecular flexibility index (Phi) is 6.31. The fourth-order valence-electron chi connectivity index (χ4n) is 4.62. The van der Waals surface area contributed by atoms with Crippen LogP contribution in [0.3, 0.4) is 0 Å². The minimum absolute atomic E-state index is 0.118. The van der Waals surface area contributed by atoms with Gasteiger partial charge in [-0.15, -0.1) is 0 Å². The lowest BCUT2D eigenvalue weighted by Crippen LogP contribution is -2.50. The van der Waals surface area contributed by atoms with Crippen molar-refractivity contribution < 1.29 is 13.2 Å². The summed E-state index contributed by atoms with van der Waals surface area (Å²) in [7, 11) is -1.75. The highest BCUT2D eigenvalue weighted by atomic mass is 32.2. The smallest absolute Gasteiger partial charge is 0.238 e. The number of likely N-dealkylation sites (N-methyl/N-ethyl adjacent to an activating group) is 1. The van der Waals surface area contributed by atoms with Crippen molar-refractivity contribution in [1.29, 1.82) is 0 Å². The first-order valence-electron chi connectivity index (χ1n) is 10.8. The molecule has 1 amide bonds. The standard InChI is InChI=1S/C23H30N4O3S/c1-25(22-8-4-6-18-5-2-3-7-21(18)22)23(28)17-26-13-15-27(16-14-26)19-9-11-20(12-10-19)31(24,29)30/h2-3,5,7,9-12,22H,4,6,8,13-17H2,1H3,(H2,24,29,30). The van der Waals surface area contributed by atoms with E-state index in [0.29, 0.717) is 6.54 Å². The van der Waals surface area contributed by atoms with E-state index in [0.717, 1.165) is 51.1 Å². The summed E-state index contributed by atoms with van der Waals surface area (Å²) < 4.78 is 22.9. The highest BCUT2D eigenvalue weighted by Gasteiger charge is 2.28. The first kappa shape index (κ1) is 21.8. The number of hydrogen-bond acceptors (Lipinski definition) is 5. The summed E-state index contributed by atoms with van der Waals surface area (Å²) in [5.74, 6) is 0.160. The lowest BCUT2D eigenvalue weighted by molar-refractivity contribution is -0.133. The monoisotopic (exact) mass is 442 g/mol. The average molecular weight is 443 g/mol. The summed E-state index contributed by atoms with van der Waals surface area (Å²) in [6.45, 7) is 3.58. The van der Waals surface area contributed by atoms with Crippen molar-refractivity contribution >= 4 is 21.6 Å². The van der Waals surface area contributed by atoms with Gasteiger partial charge >= 0.3 is 0 Å². The number of sulfonamides is 1. The van der Waals surface area contributed by atoms with Crippen LogP contribution in [0.1, 0.15) is 30.0 Å². The van der Waals surface area contributed by atoms with E-state index in [2.05, 4.69) is 34.1 Å². The average Bonchev–Trinajstić information content (AvgIpc) is 2.78. The molecule has 1 saturated heterocycles. The Morgan fingerprint density at radius 1 is 1.06 bits per heavy atom. The molecule has 0 aromatic heterocycles. The van der Waals surface area contributed by atoms with Crippen molar-refractivity contribution in [2.75, 3.05) is 44.7 Å². The van der Waals surface area contributed by atoms with Crippen LogP contribution in [0.5, 0.6) is 0 Å². The summed E-state index contributed by atoms with van der Waals surface area (Å²) >= 11 is 0. The van der Waals surface area contributed by atoms with Gasteiger partial charge in [0.1, 0.15) is 0 Å². The van der Waals surface area contributed by atoms with Crippen LogP contribution >= 0.6 is 0 Å². The van der Waals surface area contributed by atoms with E-state index in [9.17, 15) is 13.2 Å². The van der Waals surface area contributed by atoms with Gasteiger partial charge in [0.05, 0.1) is 17.5 Å². The molecule has 2 aromatic rings. The van der Waals surface area contributed by atoms with E-state index in [1.807, 2.05) is 11.9 Å². The van der Waals surface area contributed by atoms with Crippen molar-refractivity contribution in [2.24, 2.45) is 5.14 Å². The molecule has 4 rings (SSSR count). The number of primary sulfonamides is 1. The zero-order valence-corrected chi connectivity index (χ0v) is 18.7. The van der Waals surface area contributed by atoms with Crippen LogP contribution in [-0.4, -0.2) is 63.9 Å². The fraction of sp³-hybridized carbons (Fsp3) is 0.435. The van der Waals surface area contributed by atoms with E-state index >= 15 is 0 Å². The van der Waals surface area contributed by atoms with Gasteiger partial charge in [-0.1, -0.05) is 24.3 Å². The predicted molar refractivity (Wildman–Crippen MR) is 121 cm³/mol. The van der Waals surface area contributed by atoms with Crippen LogP contribution in [0, 0.1) is 0 Å². The minimum Gasteiger partial charge on any atom is -0.369 e. The molecule has 166 valence electrons. The van der Waals surface area contributed by atoms with E-state index < -0.39 is 10.0 Å². The molecular weight excluding hydrogens is 412 g/mol. The molecular formula is C23H30N4O3S. The van der Waals surface area contributed by atoms with Gasteiger partial charge in [0.15, 0.2) is 0 Å². The zero-order valence-electron chi connectivity index (χ0n) is 17.9. The topological polar surface area (TPSA) is 86.9 Å². The quantitative estimate of drug-likeness (QED) is 0.765. The third-order valence-electron chi connectivity index (χ3n) is 6.46. The molecule has 1 unspecified atom stereocenters. The molecule has 1 aliphatic heterocycles. The number of piperazine rings is 1. The SMILES string of the molecule is CN(C(=O)CN1CCN(c2ccc(S(N)(=O)=O)cc2)CC1)C1CCCc2ccccc21. The Labute approximate surface area is 184 Å². The normalized spacial score (nSPS) is 19.7. The molecule has 2 aromatic carbocycles. The van der Waals surface area contributed by atoms with Crippen LogP contribution in [-0.2, 0) is 21.2 Å². The Balaban J connectivity index is 1.32. The van der Waals surface area contributed by atoms with E-state index in [1.54, 1.807) is 12.1 Å². The van der Waals surface area contributed by atoms with Crippen molar-refractivity contribution in [3.05, 3.63) is 59.7 Å². The Morgan fingerprint density at radius 2 is 1.74 bits per heavy atom. The van der Waals surface area contributed by atoms with Gasteiger partial charge in [-0.25, -0.2) is 13.6 Å². The van der Waals surface area contributed by atoms with Gasteiger partial charge in [0.2, 0.25) is 15.9 Å². The summed E-state index contributed by atoms with van der Waals surface area (Å²) in [6.07, 6.45) is 3.22. The number of rotatable bonds is 5. The fourth-order valence-corrected chi connectivity index (χ4v) is 5.13. The molecule has 1 heterocycles. The number of nitrogens with zero attached hydrogens (tertiary/aromatic N) is 3. The van der Waals surface area contributed by atoms with Crippen LogP contribution in [0.4, 0.5) is 5.69 Å². The molecule has 31 heavy (non-hydrogen) atoms. The lowest BCUT2D eigenvalue weighted by atomic mass is 9.87. The Morgan fingerprint density at radius 3 is 2.42 bits per heavy atom. The Bertz CT molecular complexity index is 1030. The molecule has 2 aliphatic rings.